The van der Waals surface area contributed by atoms with Crippen LogP contribution in [-0.2, 0) is 0 Å². The highest BCUT2D eigenvalue weighted by molar-refractivity contribution is 5.96. The molecule has 1 amide bonds. The Morgan fingerprint density at radius 1 is 1.28 bits per heavy atom. The van der Waals surface area contributed by atoms with Crippen molar-refractivity contribution >= 4 is 5.91 Å². The summed E-state index contributed by atoms with van der Waals surface area (Å²) in [6.07, 6.45) is 3.86. The molecule has 1 aliphatic rings. The second-order valence-corrected chi connectivity index (χ2v) is 4.90. The van der Waals surface area contributed by atoms with E-state index in [1.807, 2.05) is 24.3 Å². The molecular formula is C15H21N2O. The first-order valence-electron chi connectivity index (χ1n) is 6.64. The summed E-state index contributed by atoms with van der Waals surface area (Å²) in [6, 6.07) is 7.45. The number of amides is 1. The van der Waals surface area contributed by atoms with Gasteiger partial charge in [0.25, 0.3) is 5.91 Å². The number of rotatable bonds is 3. The molecule has 3 heteroatoms. The zero-order chi connectivity index (χ0) is 13.0. The van der Waals surface area contributed by atoms with Gasteiger partial charge in [-0.15, -0.1) is 0 Å². The fourth-order valence-corrected chi connectivity index (χ4v) is 2.41. The van der Waals surface area contributed by atoms with E-state index in [2.05, 4.69) is 24.1 Å². The van der Waals surface area contributed by atoms with Crippen LogP contribution < -0.4 is 5.32 Å². The molecule has 1 fully saturated rings. The van der Waals surface area contributed by atoms with Gasteiger partial charge < -0.3 is 5.32 Å². The molecule has 1 N–H and O–H groups in total. The zero-order valence-corrected chi connectivity index (χ0v) is 11.0. The lowest BCUT2D eigenvalue weighted by Crippen LogP contribution is -2.48. The lowest BCUT2D eigenvalue weighted by Gasteiger charge is -2.32. The van der Waals surface area contributed by atoms with Crippen LogP contribution in [0.4, 0.5) is 0 Å². The Bertz CT molecular complexity index is 411. The van der Waals surface area contributed by atoms with Crippen molar-refractivity contribution in [2.24, 2.45) is 0 Å². The van der Waals surface area contributed by atoms with Crippen molar-refractivity contribution in [3.8, 4) is 0 Å². The van der Waals surface area contributed by atoms with Crippen molar-refractivity contribution in [3.05, 3.63) is 42.3 Å². The summed E-state index contributed by atoms with van der Waals surface area (Å²) in [4.78, 5) is 14.5. The van der Waals surface area contributed by atoms with Crippen molar-refractivity contribution in [2.75, 3.05) is 13.1 Å². The van der Waals surface area contributed by atoms with E-state index in [0.29, 0.717) is 5.56 Å². The summed E-state index contributed by atoms with van der Waals surface area (Å²) < 4.78 is 0. The van der Waals surface area contributed by atoms with Gasteiger partial charge in [0.05, 0.1) is 6.17 Å². The summed E-state index contributed by atoms with van der Waals surface area (Å²) in [6.45, 7) is 8.09. The number of nitrogens with one attached hydrogen (secondary N) is 1. The highest BCUT2D eigenvalue weighted by Gasteiger charge is 2.19. The minimum Gasteiger partial charge on any atom is -0.337 e. The van der Waals surface area contributed by atoms with E-state index in [9.17, 15) is 4.79 Å². The van der Waals surface area contributed by atoms with Crippen LogP contribution in [0.1, 0.15) is 42.1 Å². The van der Waals surface area contributed by atoms with E-state index in [-0.39, 0.29) is 12.1 Å². The highest BCUT2D eigenvalue weighted by atomic mass is 16.1. The molecule has 0 aliphatic carbocycles. The molecule has 0 spiro atoms. The summed E-state index contributed by atoms with van der Waals surface area (Å²) in [5.74, 6) is -0.0290. The van der Waals surface area contributed by atoms with Crippen LogP contribution in [0.25, 0.3) is 0 Å². The summed E-state index contributed by atoms with van der Waals surface area (Å²) >= 11 is 0. The van der Waals surface area contributed by atoms with Gasteiger partial charge in [0.2, 0.25) is 0 Å². The summed E-state index contributed by atoms with van der Waals surface area (Å²) in [5.41, 5.74) is 1.45. The Labute approximate surface area is 109 Å². The number of piperidine rings is 1. The number of hydrogen-bond donors (Lipinski definition) is 1. The molecule has 0 aromatic heterocycles. The second-order valence-electron chi connectivity index (χ2n) is 4.90. The van der Waals surface area contributed by atoms with Gasteiger partial charge in [0.15, 0.2) is 0 Å². The fourth-order valence-electron chi connectivity index (χ4n) is 2.41. The Balaban J connectivity index is 1.96. The fraction of sp³-hybridized carbons (Fsp3) is 0.467. The third-order valence-electron chi connectivity index (χ3n) is 3.54. The first-order chi connectivity index (χ1) is 8.68. The van der Waals surface area contributed by atoms with Crippen LogP contribution in [0.3, 0.4) is 0 Å². The Morgan fingerprint density at radius 3 is 2.61 bits per heavy atom. The third kappa shape index (κ3) is 3.10. The maximum Gasteiger partial charge on any atom is 0.252 e. The third-order valence-corrected chi connectivity index (χ3v) is 3.54. The van der Waals surface area contributed by atoms with Gasteiger partial charge in [-0.05, 0) is 38.3 Å². The SMILES string of the molecule is [CH2]c1ccccc1C(=O)NC(C)N1CCCCC1. The van der Waals surface area contributed by atoms with E-state index in [1.54, 1.807) is 0 Å². The molecule has 1 aliphatic heterocycles. The van der Waals surface area contributed by atoms with Gasteiger partial charge in [-0.1, -0.05) is 24.6 Å². The van der Waals surface area contributed by atoms with Gasteiger partial charge in [-0.25, -0.2) is 0 Å². The molecule has 1 radical (unpaired) electrons. The molecule has 1 atom stereocenters. The Hall–Kier alpha value is -1.35. The van der Waals surface area contributed by atoms with Crippen molar-refractivity contribution in [1.29, 1.82) is 0 Å². The number of benzene rings is 1. The predicted molar refractivity (Wildman–Crippen MR) is 73.3 cm³/mol. The number of nitrogens with zero attached hydrogens (tertiary/aromatic N) is 1. The van der Waals surface area contributed by atoms with E-state index >= 15 is 0 Å². The molecule has 3 nitrogen and oxygen atoms in total. The zero-order valence-electron chi connectivity index (χ0n) is 11.0. The van der Waals surface area contributed by atoms with Crippen molar-refractivity contribution in [3.63, 3.8) is 0 Å². The first kappa shape index (κ1) is 13.1. The molecule has 1 unspecified atom stereocenters. The maximum atomic E-state index is 12.1. The van der Waals surface area contributed by atoms with Gasteiger partial charge >= 0.3 is 0 Å². The average Bonchev–Trinajstić information content (AvgIpc) is 2.40. The van der Waals surface area contributed by atoms with E-state index in [0.717, 1.165) is 18.7 Å². The number of carbonyl (C=O) groups is 1. The quantitative estimate of drug-likeness (QED) is 0.887. The van der Waals surface area contributed by atoms with Crippen molar-refractivity contribution < 1.29 is 4.79 Å². The molecule has 1 aromatic carbocycles. The summed E-state index contributed by atoms with van der Waals surface area (Å²) in [7, 11) is 0. The molecule has 2 rings (SSSR count). The van der Waals surface area contributed by atoms with Gasteiger partial charge in [-0.2, -0.15) is 0 Å². The van der Waals surface area contributed by atoms with E-state index in [4.69, 9.17) is 0 Å². The van der Waals surface area contributed by atoms with Gasteiger partial charge in [0, 0.05) is 18.7 Å². The number of carbonyl (C=O) groups excluding carboxylic acids is 1. The maximum absolute atomic E-state index is 12.1. The molecule has 1 heterocycles. The lowest BCUT2D eigenvalue weighted by molar-refractivity contribution is 0.0839. The van der Waals surface area contributed by atoms with Crippen molar-refractivity contribution in [2.45, 2.75) is 32.4 Å². The van der Waals surface area contributed by atoms with Crippen molar-refractivity contribution in [1.82, 2.24) is 10.2 Å². The molecule has 1 aromatic rings. The lowest BCUT2D eigenvalue weighted by atomic mass is 10.1. The number of likely N-dealkylation sites (tertiary alicyclic amines) is 1. The minimum absolute atomic E-state index is 0.0290. The molecule has 0 bridgehead atoms. The topological polar surface area (TPSA) is 32.3 Å². The normalized spacial score (nSPS) is 18.3. The molecule has 0 saturated carbocycles. The van der Waals surface area contributed by atoms with Gasteiger partial charge in [-0.3, -0.25) is 9.69 Å². The van der Waals surface area contributed by atoms with E-state index in [1.165, 1.54) is 19.3 Å². The first-order valence-corrected chi connectivity index (χ1v) is 6.64. The largest absolute Gasteiger partial charge is 0.337 e. The minimum atomic E-state index is -0.0290. The van der Waals surface area contributed by atoms with Crippen LogP contribution in [-0.4, -0.2) is 30.1 Å². The van der Waals surface area contributed by atoms with E-state index < -0.39 is 0 Å². The second kappa shape index (κ2) is 6.01. The monoisotopic (exact) mass is 245 g/mol. The van der Waals surface area contributed by atoms with Crippen LogP contribution in [0.5, 0.6) is 0 Å². The van der Waals surface area contributed by atoms with Crippen LogP contribution in [0, 0.1) is 6.92 Å². The van der Waals surface area contributed by atoms with Crippen LogP contribution in [0.2, 0.25) is 0 Å². The average molecular weight is 245 g/mol. The molecule has 97 valence electrons. The summed E-state index contributed by atoms with van der Waals surface area (Å²) in [5, 5.41) is 3.05. The smallest absolute Gasteiger partial charge is 0.252 e. The Morgan fingerprint density at radius 2 is 1.94 bits per heavy atom. The predicted octanol–water partition coefficient (Wildman–Crippen LogP) is 2.43. The molecular weight excluding hydrogens is 224 g/mol. The van der Waals surface area contributed by atoms with Crippen LogP contribution >= 0.6 is 0 Å². The molecule has 18 heavy (non-hydrogen) atoms. The van der Waals surface area contributed by atoms with Crippen LogP contribution in [0.15, 0.2) is 24.3 Å². The Kier molecular flexibility index (Phi) is 4.37. The standard InChI is InChI=1S/C15H21N2O/c1-12-8-4-5-9-14(12)15(18)16-13(2)17-10-6-3-7-11-17/h4-5,8-9,13H,1,3,6-7,10-11H2,2H3,(H,16,18). The number of hydrogen-bond acceptors (Lipinski definition) is 2. The highest BCUT2D eigenvalue weighted by Crippen LogP contribution is 2.12. The van der Waals surface area contributed by atoms with Gasteiger partial charge in [0.1, 0.15) is 0 Å². The molecule has 1 saturated heterocycles.